The first kappa shape index (κ1) is 23.9. The number of aryl methyl sites for hydroxylation is 1. The molecule has 0 aliphatic rings. The van der Waals surface area contributed by atoms with E-state index in [0.717, 1.165) is 20.3 Å². The number of carbonyl (C=O) groups excluding carboxylic acids is 1. The second kappa shape index (κ2) is 10.2. The maximum absolute atomic E-state index is 13.5. The van der Waals surface area contributed by atoms with E-state index >= 15 is 0 Å². The lowest BCUT2D eigenvalue weighted by Gasteiger charge is -2.24. The maximum Gasteiger partial charge on any atom is 0.264 e. The van der Waals surface area contributed by atoms with Gasteiger partial charge in [-0.2, -0.15) is 0 Å². The van der Waals surface area contributed by atoms with Gasteiger partial charge in [-0.05, 0) is 67.1 Å². The first-order valence-electron chi connectivity index (χ1n) is 10.3. The van der Waals surface area contributed by atoms with Gasteiger partial charge in [0.25, 0.3) is 10.0 Å². The van der Waals surface area contributed by atoms with Gasteiger partial charge in [0.2, 0.25) is 5.91 Å². The zero-order valence-corrected chi connectivity index (χ0v) is 20.3. The van der Waals surface area contributed by atoms with E-state index in [4.69, 9.17) is 0 Å². The van der Waals surface area contributed by atoms with Crippen molar-refractivity contribution in [1.82, 2.24) is 0 Å². The number of nitrogens with zero attached hydrogens (tertiary/aromatic N) is 1. The minimum absolute atomic E-state index is 0.146. The Labute approximate surface area is 194 Å². The molecule has 0 aromatic heterocycles. The summed E-state index contributed by atoms with van der Waals surface area (Å²) < 4.78 is 28.1. The lowest BCUT2D eigenvalue weighted by molar-refractivity contribution is -0.114. The summed E-state index contributed by atoms with van der Waals surface area (Å²) in [5.74, 6) is -0.0925. The minimum Gasteiger partial charge on any atom is -0.324 e. The van der Waals surface area contributed by atoms with Crippen LogP contribution in [0.3, 0.4) is 0 Å². The van der Waals surface area contributed by atoms with E-state index in [1.165, 1.54) is 0 Å². The molecule has 0 aliphatic carbocycles. The molecule has 0 spiro atoms. The molecular weight excluding hydrogens is 440 g/mol. The van der Waals surface area contributed by atoms with Crippen LogP contribution >= 0.6 is 11.8 Å². The Morgan fingerprint density at radius 3 is 2.25 bits per heavy atom. The van der Waals surface area contributed by atoms with Crippen molar-refractivity contribution >= 4 is 39.1 Å². The highest BCUT2D eigenvalue weighted by molar-refractivity contribution is 7.98. The molecule has 0 bridgehead atoms. The number of hydrogen-bond donors (Lipinski definition) is 1. The van der Waals surface area contributed by atoms with E-state index in [-0.39, 0.29) is 11.4 Å². The maximum atomic E-state index is 13.5. The first-order valence-corrected chi connectivity index (χ1v) is 13.0. The van der Waals surface area contributed by atoms with E-state index in [1.54, 1.807) is 54.2 Å². The number of thioether (sulfide) groups is 1. The predicted molar refractivity (Wildman–Crippen MR) is 133 cm³/mol. The van der Waals surface area contributed by atoms with Gasteiger partial charge >= 0.3 is 0 Å². The van der Waals surface area contributed by atoms with Crippen LogP contribution in [-0.2, 0) is 14.8 Å². The van der Waals surface area contributed by atoms with Crippen LogP contribution in [0.4, 0.5) is 11.4 Å². The molecule has 0 fully saturated rings. The summed E-state index contributed by atoms with van der Waals surface area (Å²) >= 11 is 1.57. The molecule has 5 nitrogen and oxygen atoms in total. The summed E-state index contributed by atoms with van der Waals surface area (Å²) in [5, 5.41) is 2.82. The molecule has 168 valence electrons. The van der Waals surface area contributed by atoms with Crippen LogP contribution < -0.4 is 9.62 Å². The summed E-state index contributed by atoms with van der Waals surface area (Å²) in [6, 6.07) is 21.4. The zero-order chi connectivity index (χ0) is 23.3. The monoisotopic (exact) mass is 468 g/mol. The highest BCUT2D eigenvalue weighted by atomic mass is 32.2. The molecule has 7 heteroatoms. The van der Waals surface area contributed by atoms with Crippen molar-refractivity contribution in [2.45, 2.75) is 36.5 Å². The lowest BCUT2D eigenvalue weighted by atomic mass is 10.0. The number of hydrogen-bond acceptors (Lipinski definition) is 4. The second-order valence-electron chi connectivity index (χ2n) is 7.85. The van der Waals surface area contributed by atoms with E-state index in [9.17, 15) is 13.2 Å². The van der Waals surface area contributed by atoms with Crippen molar-refractivity contribution < 1.29 is 13.2 Å². The Hall–Kier alpha value is -2.77. The predicted octanol–water partition coefficient (Wildman–Crippen LogP) is 5.67. The van der Waals surface area contributed by atoms with E-state index < -0.39 is 15.9 Å². The van der Waals surface area contributed by atoms with Crippen molar-refractivity contribution in [2.24, 2.45) is 0 Å². The average molecular weight is 469 g/mol. The van der Waals surface area contributed by atoms with Crippen LogP contribution in [0.25, 0.3) is 0 Å². The van der Waals surface area contributed by atoms with Crippen LogP contribution in [0.1, 0.15) is 30.9 Å². The molecule has 0 atom stereocenters. The van der Waals surface area contributed by atoms with Gasteiger partial charge in [0.1, 0.15) is 6.54 Å². The standard InChI is InChI=1S/C25H28N2O3S2/c1-18(2)20-10-12-22(13-11-20)27(32(29,30)24-14-8-19(3)9-15-24)17-25(28)26-21-6-5-7-23(16-21)31-4/h5-16,18H,17H2,1-4H3,(H,26,28). The molecule has 3 aromatic rings. The molecule has 3 rings (SSSR count). The number of anilines is 2. The topological polar surface area (TPSA) is 66.5 Å². The number of rotatable bonds is 8. The van der Waals surface area contributed by atoms with Crippen molar-refractivity contribution in [2.75, 3.05) is 22.4 Å². The summed E-state index contributed by atoms with van der Waals surface area (Å²) in [6.45, 7) is 5.72. The van der Waals surface area contributed by atoms with Crippen LogP contribution in [0.2, 0.25) is 0 Å². The van der Waals surface area contributed by atoms with Crippen LogP contribution in [-0.4, -0.2) is 27.1 Å². The Balaban J connectivity index is 1.94. The Bertz CT molecular complexity index is 1170. The fourth-order valence-electron chi connectivity index (χ4n) is 3.21. The van der Waals surface area contributed by atoms with Gasteiger partial charge in [-0.3, -0.25) is 9.10 Å². The van der Waals surface area contributed by atoms with Crippen molar-refractivity contribution in [3.05, 3.63) is 83.9 Å². The Morgan fingerprint density at radius 2 is 1.66 bits per heavy atom. The fraction of sp³-hybridized carbons (Fsp3) is 0.240. The van der Waals surface area contributed by atoms with E-state index in [0.29, 0.717) is 17.3 Å². The van der Waals surface area contributed by atoms with E-state index in [1.807, 2.05) is 43.5 Å². The summed E-state index contributed by atoms with van der Waals surface area (Å²) in [7, 11) is -3.94. The Kier molecular flexibility index (Phi) is 7.64. The number of amides is 1. The van der Waals surface area contributed by atoms with Crippen molar-refractivity contribution in [1.29, 1.82) is 0 Å². The van der Waals surface area contributed by atoms with E-state index in [2.05, 4.69) is 19.2 Å². The summed E-state index contributed by atoms with van der Waals surface area (Å²) in [4.78, 5) is 14.0. The van der Waals surface area contributed by atoms with Gasteiger partial charge in [-0.25, -0.2) is 8.42 Å². The third kappa shape index (κ3) is 5.72. The van der Waals surface area contributed by atoms with Crippen molar-refractivity contribution in [3.8, 4) is 0 Å². The molecular formula is C25H28N2O3S2. The number of benzene rings is 3. The highest BCUT2D eigenvalue weighted by Gasteiger charge is 2.27. The number of carbonyl (C=O) groups is 1. The van der Waals surface area contributed by atoms with Gasteiger partial charge in [-0.15, -0.1) is 11.8 Å². The third-order valence-corrected chi connectivity index (χ3v) is 7.61. The molecule has 0 heterocycles. The minimum atomic E-state index is -3.94. The summed E-state index contributed by atoms with van der Waals surface area (Å²) in [5.41, 5.74) is 3.13. The van der Waals surface area contributed by atoms with Gasteiger partial charge in [0.05, 0.1) is 10.6 Å². The smallest absolute Gasteiger partial charge is 0.264 e. The number of nitrogens with one attached hydrogen (secondary N) is 1. The van der Waals surface area contributed by atoms with Crippen LogP contribution in [0.5, 0.6) is 0 Å². The van der Waals surface area contributed by atoms with Gasteiger partial charge < -0.3 is 5.32 Å². The fourth-order valence-corrected chi connectivity index (χ4v) is 5.09. The summed E-state index contributed by atoms with van der Waals surface area (Å²) in [6.07, 6.45) is 1.96. The van der Waals surface area contributed by atoms with Gasteiger partial charge in [-0.1, -0.05) is 49.7 Å². The Morgan fingerprint density at radius 1 is 1.00 bits per heavy atom. The number of sulfonamides is 1. The quantitative estimate of drug-likeness (QED) is 0.432. The SMILES string of the molecule is CSc1cccc(NC(=O)CN(c2ccc(C(C)C)cc2)S(=O)(=O)c2ccc(C)cc2)c1. The third-order valence-electron chi connectivity index (χ3n) is 5.10. The molecule has 1 amide bonds. The second-order valence-corrected chi connectivity index (χ2v) is 10.6. The zero-order valence-electron chi connectivity index (χ0n) is 18.7. The molecule has 0 aliphatic heterocycles. The molecule has 3 aromatic carbocycles. The van der Waals surface area contributed by atoms with Crippen molar-refractivity contribution in [3.63, 3.8) is 0 Å². The molecule has 0 saturated heterocycles. The van der Waals surface area contributed by atoms with Crippen LogP contribution in [0.15, 0.2) is 82.6 Å². The average Bonchev–Trinajstić information content (AvgIpc) is 2.78. The van der Waals surface area contributed by atoms with Crippen LogP contribution in [0, 0.1) is 6.92 Å². The molecule has 32 heavy (non-hydrogen) atoms. The first-order chi connectivity index (χ1) is 15.2. The largest absolute Gasteiger partial charge is 0.324 e. The van der Waals surface area contributed by atoms with Gasteiger partial charge in [0, 0.05) is 10.6 Å². The highest BCUT2D eigenvalue weighted by Crippen LogP contribution is 2.26. The molecule has 1 N–H and O–H groups in total. The normalized spacial score (nSPS) is 11.4. The molecule has 0 unspecified atom stereocenters. The van der Waals surface area contributed by atoms with Gasteiger partial charge in [0.15, 0.2) is 0 Å². The molecule has 0 radical (unpaired) electrons. The molecule has 0 saturated carbocycles. The lowest BCUT2D eigenvalue weighted by Crippen LogP contribution is -2.38.